The summed E-state index contributed by atoms with van der Waals surface area (Å²) in [4.78, 5) is 16.5. The van der Waals surface area contributed by atoms with Crippen molar-refractivity contribution in [3.63, 3.8) is 0 Å². The predicted octanol–water partition coefficient (Wildman–Crippen LogP) is 2.83. The number of fused-ring (bicyclic) bond motifs is 1. The van der Waals surface area contributed by atoms with Crippen molar-refractivity contribution in [2.24, 2.45) is 0 Å². The van der Waals surface area contributed by atoms with Gasteiger partial charge in [0, 0.05) is 11.9 Å². The van der Waals surface area contributed by atoms with Gasteiger partial charge in [-0.25, -0.2) is 4.98 Å². The number of carbonyl (C=O) groups excluding carboxylic acids is 1. The highest BCUT2D eigenvalue weighted by Crippen LogP contribution is 2.22. The van der Waals surface area contributed by atoms with E-state index in [4.69, 9.17) is 5.26 Å². The Bertz CT molecular complexity index is 840. The van der Waals surface area contributed by atoms with Gasteiger partial charge in [-0.3, -0.25) is 4.79 Å². The normalized spacial score (nSPS) is 10.4. The molecule has 0 aromatic carbocycles. The molecule has 3 heterocycles. The van der Waals surface area contributed by atoms with Crippen LogP contribution in [0, 0.1) is 18.3 Å². The highest BCUT2D eigenvalue weighted by atomic mass is 32.1. The molecule has 0 aliphatic rings. The maximum atomic E-state index is 12.2. The monoisotopic (exact) mass is 282 g/mol. The Labute approximate surface area is 119 Å². The highest BCUT2D eigenvalue weighted by molar-refractivity contribution is 7.14. The molecule has 0 unspecified atom stereocenters. The van der Waals surface area contributed by atoms with Crippen LogP contribution in [0.3, 0.4) is 0 Å². The third-order valence-corrected chi connectivity index (χ3v) is 3.77. The molecule has 1 N–H and O–H groups in total. The van der Waals surface area contributed by atoms with Gasteiger partial charge in [-0.2, -0.15) is 5.26 Å². The molecule has 0 radical (unpaired) electrons. The first kappa shape index (κ1) is 12.4. The van der Waals surface area contributed by atoms with Crippen molar-refractivity contribution in [3.8, 4) is 6.07 Å². The zero-order valence-corrected chi connectivity index (χ0v) is 11.4. The Kier molecular flexibility index (Phi) is 2.97. The molecule has 0 spiro atoms. The molecule has 5 nitrogen and oxygen atoms in total. The number of aryl methyl sites for hydroxylation is 1. The van der Waals surface area contributed by atoms with E-state index in [1.54, 1.807) is 17.6 Å². The zero-order valence-electron chi connectivity index (χ0n) is 10.6. The van der Waals surface area contributed by atoms with Crippen LogP contribution in [0.4, 0.5) is 5.00 Å². The SMILES string of the molecule is Cc1cccc2nc(C(=O)Nc3sccc3C#N)cn12. The van der Waals surface area contributed by atoms with Gasteiger partial charge >= 0.3 is 0 Å². The van der Waals surface area contributed by atoms with Gasteiger partial charge in [0.25, 0.3) is 5.91 Å². The topological polar surface area (TPSA) is 70.2 Å². The first-order chi connectivity index (χ1) is 9.69. The van der Waals surface area contributed by atoms with Crippen molar-refractivity contribution >= 4 is 27.9 Å². The number of nitrogens with zero attached hydrogens (tertiary/aromatic N) is 3. The number of amides is 1. The summed E-state index contributed by atoms with van der Waals surface area (Å²) >= 11 is 1.32. The van der Waals surface area contributed by atoms with Crippen molar-refractivity contribution in [3.05, 3.63) is 52.8 Å². The largest absolute Gasteiger partial charge is 0.311 e. The lowest BCUT2D eigenvalue weighted by Crippen LogP contribution is -2.12. The maximum absolute atomic E-state index is 12.2. The molecule has 1 amide bonds. The lowest BCUT2D eigenvalue weighted by molar-refractivity contribution is 0.102. The van der Waals surface area contributed by atoms with Crippen molar-refractivity contribution in [2.45, 2.75) is 6.92 Å². The number of hydrogen-bond acceptors (Lipinski definition) is 4. The summed E-state index contributed by atoms with van der Waals surface area (Å²) in [5.41, 5.74) is 2.52. The summed E-state index contributed by atoms with van der Waals surface area (Å²) in [5, 5.41) is 14.0. The Morgan fingerprint density at radius 3 is 3.05 bits per heavy atom. The van der Waals surface area contributed by atoms with Gasteiger partial charge in [0.2, 0.25) is 0 Å². The van der Waals surface area contributed by atoms with Crippen molar-refractivity contribution in [2.75, 3.05) is 5.32 Å². The number of nitrogens with one attached hydrogen (secondary N) is 1. The van der Waals surface area contributed by atoms with E-state index in [-0.39, 0.29) is 5.91 Å². The zero-order chi connectivity index (χ0) is 14.1. The van der Waals surface area contributed by atoms with Gasteiger partial charge in [0.05, 0.1) is 5.56 Å². The minimum atomic E-state index is -0.313. The Balaban J connectivity index is 1.93. The molecule has 0 saturated carbocycles. The second-order valence-electron chi connectivity index (χ2n) is 4.25. The average molecular weight is 282 g/mol. The molecule has 6 heteroatoms. The molecule has 0 saturated heterocycles. The number of anilines is 1. The van der Waals surface area contributed by atoms with Crippen molar-refractivity contribution < 1.29 is 4.79 Å². The van der Waals surface area contributed by atoms with Crippen LogP contribution in [0.5, 0.6) is 0 Å². The minimum Gasteiger partial charge on any atom is -0.311 e. The van der Waals surface area contributed by atoms with E-state index >= 15 is 0 Å². The molecule has 0 bridgehead atoms. The van der Waals surface area contributed by atoms with Crippen molar-refractivity contribution in [1.29, 1.82) is 5.26 Å². The third kappa shape index (κ3) is 2.04. The molecular formula is C14H10N4OS. The molecule has 0 aliphatic heterocycles. The number of rotatable bonds is 2. The van der Waals surface area contributed by atoms with Gasteiger partial charge in [-0.1, -0.05) is 6.07 Å². The van der Waals surface area contributed by atoms with Crippen LogP contribution >= 0.6 is 11.3 Å². The summed E-state index contributed by atoms with van der Waals surface area (Å²) in [6.07, 6.45) is 1.69. The number of aromatic nitrogens is 2. The molecule has 3 aromatic heterocycles. The maximum Gasteiger partial charge on any atom is 0.276 e. The standard InChI is InChI=1S/C14H10N4OS/c1-9-3-2-4-12-16-11(8-18(9)12)13(19)17-14-10(7-15)5-6-20-14/h2-6,8H,1H3,(H,17,19). The first-order valence-corrected chi connectivity index (χ1v) is 6.80. The molecule has 3 aromatic rings. The van der Waals surface area contributed by atoms with Gasteiger partial charge in [-0.05, 0) is 30.5 Å². The Morgan fingerprint density at radius 2 is 2.30 bits per heavy atom. The second kappa shape index (κ2) is 4.79. The van der Waals surface area contributed by atoms with Crippen LogP contribution in [0.25, 0.3) is 5.65 Å². The fourth-order valence-corrected chi connectivity index (χ4v) is 2.65. The fourth-order valence-electron chi connectivity index (χ4n) is 1.92. The Hall–Kier alpha value is -2.65. The van der Waals surface area contributed by atoms with Crippen molar-refractivity contribution in [1.82, 2.24) is 9.38 Å². The van der Waals surface area contributed by atoms with E-state index in [0.717, 1.165) is 11.3 Å². The summed E-state index contributed by atoms with van der Waals surface area (Å²) in [7, 11) is 0. The number of imidazole rings is 1. The van der Waals surface area contributed by atoms with E-state index in [9.17, 15) is 4.79 Å². The molecule has 20 heavy (non-hydrogen) atoms. The summed E-state index contributed by atoms with van der Waals surface area (Å²) in [6, 6.07) is 9.40. The number of hydrogen-bond donors (Lipinski definition) is 1. The number of nitriles is 1. The smallest absolute Gasteiger partial charge is 0.276 e. The summed E-state index contributed by atoms with van der Waals surface area (Å²) in [5.74, 6) is -0.313. The number of pyridine rings is 1. The fraction of sp³-hybridized carbons (Fsp3) is 0.0714. The van der Waals surface area contributed by atoms with Crippen LogP contribution in [-0.2, 0) is 0 Å². The van der Waals surface area contributed by atoms with E-state index in [0.29, 0.717) is 16.3 Å². The van der Waals surface area contributed by atoms with E-state index in [1.165, 1.54) is 11.3 Å². The second-order valence-corrected chi connectivity index (χ2v) is 5.17. The highest BCUT2D eigenvalue weighted by Gasteiger charge is 2.14. The van der Waals surface area contributed by atoms with Crippen LogP contribution < -0.4 is 5.32 Å². The van der Waals surface area contributed by atoms with Crippen LogP contribution in [-0.4, -0.2) is 15.3 Å². The Morgan fingerprint density at radius 1 is 1.45 bits per heavy atom. The molecular weight excluding hydrogens is 272 g/mol. The molecule has 0 fully saturated rings. The third-order valence-electron chi connectivity index (χ3n) is 2.94. The first-order valence-electron chi connectivity index (χ1n) is 5.92. The van der Waals surface area contributed by atoms with Crippen LogP contribution in [0.1, 0.15) is 21.7 Å². The molecule has 98 valence electrons. The van der Waals surface area contributed by atoms with E-state index in [2.05, 4.69) is 10.3 Å². The summed E-state index contributed by atoms with van der Waals surface area (Å²) < 4.78 is 1.86. The van der Waals surface area contributed by atoms with Crippen LogP contribution in [0.15, 0.2) is 35.8 Å². The summed E-state index contributed by atoms with van der Waals surface area (Å²) in [6.45, 7) is 1.95. The van der Waals surface area contributed by atoms with Gasteiger partial charge in [-0.15, -0.1) is 11.3 Å². The minimum absolute atomic E-state index is 0.313. The average Bonchev–Trinajstić information content (AvgIpc) is 3.05. The molecule has 0 aliphatic carbocycles. The van der Waals surface area contributed by atoms with Crippen LogP contribution in [0.2, 0.25) is 0 Å². The van der Waals surface area contributed by atoms with E-state index in [1.807, 2.05) is 35.6 Å². The van der Waals surface area contributed by atoms with Gasteiger partial charge in [0.1, 0.15) is 22.4 Å². The predicted molar refractivity (Wildman–Crippen MR) is 76.9 cm³/mol. The lowest BCUT2D eigenvalue weighted by atomic mass is 10.3. The number of thiophene rings is 1. The molecule has 3 rings (SSSR count). The lowest BCUT2D eigenvalue weighted by Gasteiger charge is -1.99. The quantitative estimate of drug-likeness (QED) is 0.785. The molecule has 0 atom stereocenters. The van der Waals surface area contributed by atoms with Gasteiger partial charge < -0.3 is 9.72 Å². The number of carbonyl (C=O) groups is 1. The van der Waals surface area contributed by atoms with E-state index < -0.39 is 0 Å². The van der Waals surface area contributed by atoms with Gasteiger partial charge in [0.15, 0.2) is 0 Å².